The van der Waals surface area contributed by atoms with Gasteiger partial charge in [-0.3, -0.25) is 0 Å². The molecule has 1 heteroatoms. The number of hydrogen-bond donors (Lipinski definition) is 0. The molecule has 0 aromatic carbocycles. The third-order valence-corrected chi connectivity index (χ3v) is 2.18. The zero-order valence-electron chi connectivity index (χ0n) is 7.58. The minimum absolute atomic E-state index is 0.334. The maximum Gasteiger partial charge on any atom is 0.0973 e. The van der Waals surface area contributed by atoms with E-state index in [0.717, 1.165) is 12.8 Å². The molecule has 0 aliphatic heterocycles. The Kier molecular flexibility index (Phi) is 3.92. The molecule has 0 spiro atoms. The van der Waals surface area contributed by atoms with Crippen molar-refractivity contribution >= 4 is 0 Å². The highest BCUT2D eigenvalue weighted by atomic mass is 19.1. The number of hydrogen-bond acceptors (Lipinski definition) is 0. The van der Waals surface area contributed by atoms with Gasteiger partial charge in [-0.15, -0.1) is 0 Å². The molecule has 0 aliphatic rings. The molecule has 0 saturated carbocycles. The van der Waals surface area contributed by atoms with Gasteiger partial charge in [0.2, 0.25) is 0 Å². The Bertz CT molecular complexity index is 84.7. The predicted octanol–water partition coefficient (Wildman–Crippen LogP) is 3.56. The molecule has 0 aliphatic carbocycles. The molecule has 0 fully saturated rings. The lowest BCUT2D eigenvalue weighted by molar-refractivity contribution is 0.251. The molecule has 62 valence electrons. The quantitative estimate of drug-likeness (QED) is 0.569. The van der Waals surface area contributed by atoms with Gasteiger partial charge in [-0.1, -0.05) is 27.2 Å². The van der Waals surface area contributed by atoms with Crippen LogP contribution in [0.4, 0.5) is 4.39 Å². The fourth-order valence-electron chi connectivity index (χ4n) is 0.766. The third-order valence-electron chi connectivity index (χ3n) is 2.18. The first kappa shape index (κ1) is 9.93. The minimum Gasteiger partial charge on any atom is -0.248 e. The zero-order chi connectivity index (χ0) is 8.20. The molecular weight excluding hydrogens is 127 g/mol. The summed E-state index contributed by atoms with van der Waals surface area (Å²) >= 11 is 0. The van der Waals surface area contributed by atoms with Crippen LogP contribution in [0, 0.1) is 5.41 Å². The minimum atomic E-state index is -0.633. The Morgan fingerprint density at radius 1 is 1.40 bits per heavy atom. The molecule has 1 atom stereocenters. The molecule has 1 unspecified atom stereocenters. The van der Waals surface area contributed by atoms with Crippen LogP contribution in [-0.4, -0.2) is 6.17 Å². The number of alkyl halides is 1. The zero-order valence-corrected chi connectivity index (χ0v) is 7.58. The van der Waals surface area contributed by atoms with Gasteiger partial charge in [-0.05, 0) is 25.2 Å². The van der Waals surface area contributed by atoms with E-state index in [9.17, 15) is 4.39 Å². The van der Waals surface area contributed by atoms with Crippen molar-refractivity contribution in [3.8, 4) is 0 Å². The van der Waals surface area contributed by atoms with Gasteiger partial charge in [0.1, 0.15) is 0 Å². The van der Waals surface area contributed by atoms with Crippen molar-refractivity contribution in [3.05, 3.63) is 0 Å². The van der Waals surface area contributed by atoms with Gasteiger partial charge in [-0.25, -0.2) is 4.39 Å². The average molecular weight is 146 g/mol. The van der Waals surface area contributed by atoms with E-state index in [0.29, 0.717) is 11.8 Å². The molecule has 0 N–H and O–H groups in total. The van der Waals surface area contributed by atoms with E-state index in [1.165, 1.54) is 0 Å². The molecule has 0 radical (unpaired) electrons. The normalized spacial score (nSPS) is 15.3. The van der Waals surface area contributed by atoms with Crippen LogP contribution in [0.25, 0.3) is 0 Å². The lowest BCUT2D eigenvalue weighted by Gasteiger charge is -2.22. The van der Waals surface area contributed by atoms with E-state index < -0.39 is 6.17 Å². The van der Waals surface area contributed by atoms with Crippen LogP contribution in [0.15, 0.2) is 0 Å². The van der Waals surface area contributed by atoms with Crippen molar-refractivity contribution < 1.29 is 4.39 Å². The maximum absolute atomic E-state index is 12.4. The van der Waals surface area contributed by atoms with Crippen LogP contribution < -0.4 is 0 Å². The standard InChI is InChI=1S/C9H19F/c1-5-9(3,4)7-6-8(2)10/h8H,5-7H2,1-4H3. The van der Waals surface area contributed by atoms with Crippen LogP contribution in [0.5, 0.6) is 0 Å². The first-order valence-corrected chi connectivity index (χ1v) is 4.12. The van der Waals surface area contributed by atoms with Crippen LogP contribution >= 0.6 is 0 Å². The molecule has 0 heterocycles. The highest BCUT2D eigenvalue weighted by Crippen LogP contribution is 2.27. The SMILES string of the molecule is CCC(C)(C)CCC(C)F. The summed E-state index contributed by atoms with van der Waals surface area (Å²) in [5.41, 5.74) is 0.334. The van der Waals surface area contributed by atoms with E-state index in [2.05, 4.69) is 20.8 Å². The Morgan fingerprint density at radius 3 is 2.20 bits per heavy atom. The summed E-state index contributed by atoms with van der Waals surface area (Å²) in [5, 5.41) is 0. The van der Waals surface area contributed by atoms with Crippen molar-refractivity contribution in [2.24, 2.45) is 5.41 Å². The summed E-state index contributed by atoms with van der Waals surface area (Å²) in [6, 6.07) is 0. The Morgan fingerprint density at radius 2 is 1.90 bits per heavy atom. The summed E-state index contributed by atoms with van der Waals surface area (Å²) in [5.74, 6) is 0. The van der Waals surface area contributed by atoms with Crippen molar-refractivity contribution in [1.82, 2.24) is 0 Å². The lowest BCUT2D eigenvalue weighted by Crippen LogP contribution is -2.11. The molecule has 0 rings (SSSR count). The van der Waals surface area contributed by atoms with Crippen LogP contribution in [0.3, 0.4) is 0 Å². The predicted molar refractivity (Wildman–Crippen MR) is 43.9 cm³/mol. The van der Waals surface area contributed by atoms with Gasteiger partial charge in [0.15, 0.2) is 0 Å². The van der Waals surface area contributed by atoms with Gasteiger partial charge in [0.05, 0.1) is 6.17 Å². The first-order valence-electron chi connectivity index (χ1n) is 4.12. The van der Waals surface area contributed by atoms with Crippen LogP contribution in [-0.2, 0) is 0 Å². The summed E-state index contributed by atoms with van der Waals surface area (Å²) in [7, 11) is 0. The number of rotatable bonds is 4. The second-order valence-corrected chi connectivity index (χ2v) is 3.84. The second kappa shape index (κ2) is 3.95. The molecule has 0 bridgehead atoms. The van der Waals surface area contributed by atoms with Gasteiger partial charge < -0.3 is 0 Å². The maximum atomic E-state index is 12.4. The molecule has 0 aromatic rings. The molecule has 0 amide bonds. The van der Waals surface area contributed by atoms with Crippen molar-refractivity contribution in [2.45, 2.75) is 53.1 Å². The van der Waals surface area contributed by atoms with Gasteiger partial charge in [-0.2, -0.15) is 0 Å². The monoisotopic (exact) mass is 146 g/mol. The molecule has 0 saturated heterocycles. The van der Waals surface area contributed by atoms with E-state index >= 15 is 0 Å². The summed E-state index contributed by atoms with van der Waals surface area (Å²) in [6.45, 7) is 8.17. The Labute approximate surface area is 63.8 Å². The lowest BCUT2D eigenvalue weighted by atomic mass is 9.84. The average Bonchev–Trinajstić information content (AvgIpc) is 1.85. The highest BCUT2D eigenvalue weighted by Gasteiger charge is 2.15. The summed E-state index contributed by atoms with van der Waals surface area (Å²) in [4.78, 5) is 0. The largest absolute Gasteiger partial charge is 0.248 e. The van der Waals surface area contributed by atoms with E-state index in [4.69, 9.17) is 0 Å². The van der Waals surface area contributed by atoms with Gasteiger partial charge in [0, 0.05) is 0 Å². The van der Waals surface area contributed by atoms with Crippen molar-refractivity contribution in [2.75, 3.05) is 0 Å². The molecule has 0 nitrogen and oxygen atoms in total. The highest BCUT2D eigenvalue weighted by molar-refractivity contribution is 4.67. The molecular formula is C9H19F. The summed E-state index contributed by atoms with van der Waals surface area (Å²) < 4.78 is 12.4. The smallest absolute Gasteiger partial charge is 0.0973 e. The Hall–Kier alpha value is -0.0700. The number of halogens is 1. The van der Waals surface area contributed by atoms with Crippen LogP contribution in [0.2, 0.25) is 0 Å². The topological polar surface area (TPSA) is 0 Å². The van der Waals surface area contributed by atoms with Gasteiger partial charge in [0.25, 0.3) is 0 Å². The van der Waals surface area contributed by atoms with Crippen molar-refractivity contribution in [3.63, 3.8) is 0 Å². The van der Waals surface area contributed by atoms with Crippen molar-refractivity contribution in [1.29, 1.82) is 0 Å². The molecule has 10 heavy (non-hydrogen) atoms. The fraction of sp³-hybridized carbons (Fsp3) is 1.00. The second-order valence-electron chi connectivity index (χ2n) is 3.84. The van der Waals surface area contributed by atoms with E-state index in [1.54, 1.807) is 6.92 Å². The fourth-order valence-corrected chi connectivity index (χ4v) is 0.766. The third kappa shape index (κ3) is 4.78. The molecule has 0 aromatic heterocycles. The summed E-state index contributed by atoms with van der Waals surface area (Å²) in [6.07, 6.45) is 2.22. The van der Waals surface area contributed by atoms with E-state index in [-0.39, 0.29) is 0 Å². The van der Waals surface area contributed by atoms with Gasteiger partial charge >= 0.3 is 0 Å². The van der Waals surface area contributed by atoms with Crippen LogP contribution in [0.1, 0.15) is 47.0 Å². The van der Waals surface area contributed by atoms with E-state index in [1.807, 2.05) is 0 Å². The first-order chi connectivity index (χ1) is 4.48. The Balaban J connectivity index is 3.46.